The van der Waals surface area contributed by atoms with E-state index in [1.807, 2.05) is 0 Å². The van der Waals surface area contributed by atoms with Crippen LogP contribution in [-0.4, -0.2) is 68.9 Å². The van der Waals surface area contributed by atoms with Crippen molar-refractivity contribution in [2.45, 2.75) is 6.42 Å². The van der Waals surface area contributed by atoms with Crippen LogP contribution in [0.1, 0.15) is 5.56 Å². The van der Waals surface area contributed by atoms with Crippen LogP contribution in [0.2, 0.25) is 0 Å². The van der Waals surface area contributed by atoms with Crippen molar-refractivity contribution >= 4 is 11.9 Å². The van der Waals surface area contributed by atoms with E-state index >= 15 is 0 Å². The fourth-order valence-corrected chi connectivity index (χ4v) is 1.99. The Hall–Kier alpha value is -2.81. The summed E-state index contributed by atoms with van der Waals surface area (Å²) in [6, 6.07) is 7.14. The van der Waals surface area contributed by atoms with Crippen molar-refractivity contribution in [3.05, 3.63) is 36.2 Å². The number of hydrogen-bond donors (Lipinski definition) is 1. The Kier molecular flexibility index (Phi) is 5.75. The molecule has 1 aromatic carbocycles. The first kappa shape index (κ1) is 16.6. The minimum atomic E-state index is -1.05. The van der Waals surface area contributed by atoms with Crippen molar-refractivity contribution in [3.8, 4) is 5.69 Å². The maximum absolute atomic E-state index is 12.2. The summed E-state index contributed by atoms with van der Waals surface area (Å²) in [5.74, 6) is -1.32. The SMILES string of the molecule is COCCN(CC(=O)O)C(=O)Cc1ccc(-n2cnnn2)cc1. The van der Waals surface area contributed by atoms with E-state index < -0.39 is 5.97 Å². The summed E-state index contributed by atoms with van der Waals surface area (Å²) in [7, 11) is 1.50. The van der Waals surface area contributed by atoms with Gasteiger partial charge in [0.05, 0.1) is 18.7 Å². The van der Waals surface area contributed by atoms with Gasteiger partial charge in [0, 0.05) is 13.7 Å². The number of aliphatic carboxylic acids is 1. The van der Waals surface area contributed by atoms with Gasteiger partial charge in [-0.2, -0.15) is 0 Å². The van der Waals surface area contributed by atoms with Crippen molar-refractivity contribution in [3.63, 3.8) is 0 Å². The van der Waals surface area contributed by atoms with Crippen LogP contribution in [0.5, 0.6) is 0 Å². The lowest BCUT2D eigenvalue weighted by molar-refractivity contribution is -0.144. The Balaban J connectivity index is 2.01. The number of benzene rings is 1. The maximum atomic E-state index is 12.2. The number of nitrogens with zero attached hydrogens (tertiary/aromatic N) is 5. The topological polar surface area (TPSA) is 110 Å². The minimum Gasteiger partial charge on any atom is -0.480 e. The second kappa shape index (κ2) is 7.99. The molecule has 0 atom stereocenters. The second-order valence-electron chi connectivity index (χ2n) is 4.80. The van der Waals surface area contributed by atoms with Crippen molar-refractivity contribution in [2.24, 2.45) is 0 Å². The van der Waals surface area contributed by atoms with E-state index in [2.05, 4.69) is 15.5 Å². The number of methoxy groups -OCH3 is 1. The fourth-order valence-electron chi connectivity index (χ4n) is 1.99. The molecule has 2 rings (SSSR count). The molecule has 0 saturated carbocycles. The number of rotatable bonds is 8. The molecule has 0 fully saturated rings. The third-order valence-electron chi connectivity index (χ3n) is 3.15. The highest BCUT2D eigenvalue weighted by Gasteiger charge is 2.16. The Labute approximate surface area is 132 Å². The summed E-state index contributed by atoms with van der Waals surface area (Å²) in [6.07, 6.45) is 1.59. The van der Waals surface area contributed by atoms with Gasteiger partial charge in [0.2, 0.25) is 5.91 Å². The number of carboxylic acid groups (broad SMARTS) is 1. The van der Waals surface area contributed by atoms with E-state index in [1.54, 1.807) is 24.3 Å². The molecule has 122 valence electrons. The monoisotopic (exact) mass is 319 g/mol. The molecule has 1 N–H and O–H groups in total. The van der Waals surface area contributed by atoms with E-state index in [-0.39, 0.29) is 32.0 Å². The first-order chi connectivity index (χ1) is 11.1. The molecule has 1 amide bonds. The Morgan fingerprint density at radius 1 is 1.30 bits per heavy atom. The normalized spacial score (nSPS) is 10.5. The molecule has 0 aliphatic heterocycles. The molecule has 0 aliphatic carbocycles. The quantitative estimate of drug-likeness (QED) is 0.715. The van der Waals surface area contributed by atoms with Crippen molar-refractivity contribution < 1.29 is 19.4 Å². The Bertz CT molecular complexity index is 642. The molecule has 0 spiro atoms. The lowest BCUT2D eigenvalue weighted by atomic mass is 10.1. The van der Waals surface area contributed by atoms with Gasteiger partial charge in [-0.05, 0) is 28.1 Å². The smallest absolute Gasteiger partial charge is 0.323 e. The van der Waals surface area contributed by atoms with Gasteiger partial charge in [0.25, 0.3) is 0 Å². The average Bonchev–Trinajstić information content (AvgIpc) is 3.06. The summed E-state index contributed by atoms with van der Waals surface area (Å²) < 4.78 is 6.40. The predicted molar refractivity (Wildman–Crippen MR) is 78.9 cm³/mol. The molecule has 0 unspecified atom stereocenters. The van der Waals surface area contributed by atoms with Gasteiger partial charge in [0.1, 0.15) is 12.9 Å². The molecule has 23 heavy (non-hydrogen) atoms. The van der Waals surface area contributed by atoms with E-state index in [0.29, 0.717) is 0 Å². The van der Waals surface area contributed by atoms with Crippen LogP contribution in [0.25, 0.3) is 5.69 Å². The fraction of sp³-hybridized carbons (Fsp3) is 0.357. The number of tetrazole rings is 1. The molecule has 0 radical (unpaired) electrons. The van der Waals surface area contributed by atoms with Crippen LogP contribution >= 0.6 is 0 Å². The second-order valence-corrected chi connectivity index (χ2v) is 4.80. The molecule has 1 heterocycles. The lowest BCUT2D eigenvalue weighted by Gasteiger charge is -2.20. The highest BCUT2D eigenvalue weighted by molar-refractivity contribution is 5.83. The van der Waals surface area contributed by atoms with Crippen LogP contribution in [-0.2, 0) is 20.7 Å². The van der Waals surface area contributed by atoms with Gasteiger partial charge in [-0.3, -0.25) is 9.59 Å². The van der Waals surface area contributed by atoms with Crippen LogP contribution in [0.15, 0.2) is 30.6 Å². The molecule has 0 bridgehead atoms. The zero-order valence-corrected chi connectivity index (χ0v) is 12.6. The number of hydrogen-bond acceptors (Lipinski definition) is 6. The molecular formula is C14H17N5O4. The molecule has 1 aromatic heterocycles. The first-order valence-corrected chi connectivity index (χ1v) is 6.91. The van der Waals surface area contributed by atoms with Crippen LogP contribution in [0.3, 0.4) is 0 Å². The third kappa shape index (κ3) is 4.85. The summed E-state index contributed by atoms with van der Waals surface area (Å²) in [5, 5.41) is 19.8. The van der Waals surface area contributed by atoms with Crippen LogP contribution in [0, 0.1) is 0 Å². The largest absolute Gasteiger partial charge is 0.480 e. The van der Waals surface area contributed by atoms with Gasteiger partial charge >= 0.3 is 5.97 Å². The summed E-state index contributed by atoms with van der Waals surface area (Å²) in [6.45, 7) is 0.187. The number of carbonyl (C=O) groups excluding carboxylic acids is 1. The highest BCUT2D eigenvalue weighted by Crippen LogP contribution is 2.09. The van der Waals surface area contributed by atoms with Crippen LogP contribution < -0.4 is 0 Å². The lowest BCUT2D eigenvalue weighted by Crippen LogP contribution is -2.38. The van der Waals surface area contributed by atoms with Crippen molar-refractivity contribution in [2.75, 3.05) is 26.8 Å². The third-order valence-corrected chi connectivity index (χ3v) is 3.15. The Morgan fingerprint density at radius 3 is 2.61 bits per heavy atom. The molecule has 9 heteroatoms. The number of carboxylic acids is 1. The molecule has 0 aliphatic rings. The number of ether oxygens (including phenoxy) is 1. The van der Waals surface area contributed by atoms with E-state index in [0.717, 1.165) is 11.3 Å². The molecule has 0 saturated heterocycles. The zero-order chi connectivity index (χ0) is 16.7. The van der Waals surface area contributed by atoms with Crippen molar-refractivity contribution in [1.82, 2.24) is 25.1 Å². The van der Waals surface area contributed by atoms with Gasteiger partial charge in [-0.1, -0.05) is 12.1 Å². The maximum Gasteiger partial charge on any atom is 0.323 e. The van der Waals surface area contributed by atoms with Gasteiger partial charge < -0.3 is 14.7 Å². The van der Waals surface area contributed by atoms with E-state index in [1.165, 1.54) is 23.0 Å². The average molecular weight is 319 g/mol. The van der Waals surface area contributed by atoms with Crippen molar-refractivity contribution in [1.29, 1.82) is 0 Å². The zero-order valence-electron chi connectivity index (χ0n) is 12.6. The number of aromatic nitrogens is 4. The highest BCUT2D eigenvalue weighted by atomic mass is 16.5. The van der Waals surface area contributed by atoms with E-state index in [9.17, 15) is 9.59 Å². The van der Waals surface area contributed by atoms with Crippen LogP contribution in [0.4, 0.5) is 0 Å². The Morgan fingerprint density at radius 2 is 2.04 bits per heavy atom. The number of amides is 1. The standard InChI is InChI=1S/C14H17N5O4/c1-23-7-6-18(9-14(21)22)13(20)8-11-2-4-12(5-3-11)19-10-15-16-17-19/h2-5,10H,6-9H2,1H3,(H,21,22). The van der Waals surface area contributed by atoms with Gasteiger partial charge in [-0.25, -0.2) is 4.68 Å². The minimum absolute atomic E-state index is 0.118. The first-order valence-electron chi connectivity index (χ1n) is 6.91. The predicted octanol–water partition coefficient (Wildman–Crippen LogP) is -0.236. The number of carbonyl (C=O) groups is 2. The van der Waals surface area contributed by atoms with Gasteiger partial charge in [0.15, 0.2) is 0 Å². The molecule has 2 aromatic rings. The molecular weight excluding hydrogens is 302 g/mol. The summed E-state index contributed by atoms with van der Waals surface area (Å²) in [4.78, 5) is 24.4. The summed E-state index contributed by atoms with van der Waals surface area (Å²) >= 11 is 0. The van der Waals surface area contributed by atoms with Gasteiger partial charge in [-0.15, -0.1) is 5.10 Å². The molecule has 9 nitrogen and oxygen atoms in total. The summed E-state index contributed by atoms with van der Waals surface area (Å²) in [5.41, 5.74) is 1.55. The van der Waals surface area contributed by atoms with E-state index in [4.69, 9.17) is 9.84 Å².